The molecule has 0 unspecified atom stereocenters. The highest BCUT2D eigenvalue weighted by Crippen LogP contribution is 2.49. The van der Waals surface area contributed by atoms with E-state index >= 15 is 0 Å². The Morgan fingerprint density at radius 1 is 1.00 bits per heavy atom. The molecule has 0 aromatic heterocycles. The number of hydrogen-bond donors (Lipinski definition) is 0. The van der Waals surface area contributed by atoms with Crippen molar-refractivity contribution < 1.29 is 8.78 Å². The molecule has 14 heavy (non-hydrogen) atoms. The molecule has 0 amide bonds. The van der Waals surface area contributed by atoms with E-state index in [1.807, 2.05) is 0 Å². The van der Waals surface area contributed by atoms with E-state index in [1.165, 1.54) is 12.1 Å². The fraction of sp³-hybridized carbons (Fsp3) is 0. The zero-order chi connectivity index (χ0) is 9.71. The van der Waals surface area contributed by atoms with Gasteiger partial charge < -0.3 is 0 Å². The molecule has 0 aliphatic heterocycles. The molecule has 2 aromatic carbocycles. The molecule has 0 saturated heterocycles. The van der Waals surface area contributed by atoms with Gasteiger partial charge in [0.2, 0.25) is 0 Å². The van der Waals surface area contributed by atoms with Crippen molar-refractivity contribution in [1.29, 1.82) is 0 Å². The van der Waals surface area contributed by atoms with Gasteiger partial charge in [0.1, 0.15) is 11.6 Å². The lowest BCUT2D eigenvalue weighted by atomic mass is 9.80. The lowest BCUT2D eigenvalue weighted by Gasteiger charge is -2.23. The van der Waals surface area contributed by atoms with E-state index in [9.17, 15) is 8.78 Å². The van der Waals surface area contributed by atoms with Crippen molar-refractivity contribution >= 4 is 0 Å². The van der Waals surface area contributed by atoms with E-state index in [0.29, 0.717) is 11.1 Å². The summed E-state index contributed by atoms with van der Waals surface area (Å²) >= 11 is 0. The molecule has 2 radical (unpaired) electrons. The van der Waals surface area contributed by atoms with E-state index < -0.39 is 11.6 Å². The first kappa shape index (κ1) is 7.68. The third kappa shape index (κ3) is 0.757. The molecule has 0 atom stereocenters. The van der Waals surface area contributed by atoms with Gasteiger partial charge in [-0.3, -0.25) is 0 Å². The summed E-state index contributed by atoms with van der Waals surface area (Å²) in [4.78, 5) is 0. The lowest BCUT2D eigenvalue weighted by Crippen LogP contribution is -2.04. The molecule has 2 heteroatoms. The van der Waals surface area contributed by atoms with E-state index in [1.54, 1.807) is 12.1 Å². The lowest BCUT2D eigenvalue weighted by molar-refractivity contribution is 0.613. The van der Waals surface area contributed by atoms with Gasteiger partial charge in [-0.2, -0.15) is 0 Å². The number of benzene rings is 2. The van der Waals surface area contributed by atoms with Crippen LogP contribution in [0.15, 0.2) is 24.3 Å². The first-order valence-electron chi connectivity index (χ1n) is 4.19. The molecule has 2 aromatic rings. The normalized spacial score (nSPS) is 11.6. The van der Waals surface area contributed by atoms with Crippen molar-refractivity contribution in [1.82, 2.24) is 0 Å². The SMILES string of the molecule is Fc1[c]ccc2c1-c1c(F)c[c]cc1-2. The predicted octanol–water partition coefficient (Wildman–Crippen LogP) is 3.21. The van der Waals surface area contributed by atoms with Crippen LogP contribution in [0.3, 0.4) is 0 Å². The summed E-state index contributed by atoms with van der Waals surface area (Å²) in [6.45, 7) is 0. The van der Waals surface area contributed by atoms with Gasteiger partial charge >= 0.3 is 0 Å². The fourth-order valence-electron chi connectivity index (χ4n) is 1.82. The van der Waals surface area contributed by atoms with Crippen LogP contribution in [0.4, 0.5) is 8.78 Å². The highest BCUT2D eigenvalue weighted by atomic mass is 19.1. The largest absolute Gasteiger partial charge is 0.206 e. The molecule has 0 bridgehead atoms. The maximum atomic E-state index is 13.3. The van der Waals surface area contributed by atoms with Gasteiger partial charge in [-0.05, 0) is 29.3 Å². The predicted molar refractivity (Wildman–Crippen MR) is 48.5 cm³/mol. The molecule has 0 spiro atoms. The molecule has 0 saturated carbocycles. The number of hydrogen-bond acceptors (Lipinski definition) is 0. The fourth-order valence-corrected chi connectivity index (χ4v) is 1.82. The first-order chi connectivity index (χ1) is 6.79. The van der Waals surface area contributed by atoms with E-state index in [2.05, 4.69) is 12.1 Å². The van der Waals surface area contributed by atoms with Gasteiger partial charge in [0.25, 0.3) is 0 Å². The van der Waals surface area contributed by atoms with Crippen molar-refractivity contribution in [3.8, 4) is 22.3 Å². The van der Waals surface area contributed by atoms with E-state index in [0.717, 1.165) is 11.1 Å². The van der Waals surface area contributed by atoms with Gasteiger partial charge in [0.05, 0.1) is 0 Å². The molecule has 0 fully saturated rings. The summed E-state index contributed by atoms with van der Waals surface area (Å²) in [5.41, 5.74) is 2.17. The summed E-state index contributed by atoms with van der Waals surface area (Å²) in [6.07, 6.45) is 0. The summed E-state index contributed by atoms with van der Waals surface area (Å²) in [7, 11) is 0. The van der Waals surface area contributed by atoms with Crippen molar-refractivity contribution in [2.45, 2.75) is 0 Å². The number of fused-ring (bicyclic) bond motifs is 4. The molecule has 0 heterocycles. The van der Waals surface area contributed by atoms with Crippen LogP contribution in [0.25, 0.3) is 22.3 Å². The van der Waals surface area contributed by atoms with Gasteiger partial charge in [-0.1, -0.05) is 12.1 Å². The van der Waals surface area contributed by atoms with Crippen LogP contribution in [0.1, 0.15) is 0 Å². The molecule has 1 aliphatic carbocycles. The maximum Gasteiger partial charge on any atom is 0.139 e. The second-order valence-electron chi connectivity index (χ2n) is 3.17. The Bertz CT molecular complexity index is 480. The van der Waals surface area contributed by atoms with Crippen LogP contribution < -0.4 is 0 Å². The number of rotatable bonds is 0. The van der Waals surface area contributed by atoms with E-state index in [4.69, 9.17) is 0 Å². The summed E-state index contributed by atoms with van der Waals surface area (Å²) < 4.78 is 26.5. The quantitative estimate of drug-likeness (QED) is 0.505. The third-order valence-corrected chi connectivity index (χ3v) is 2.43. The summed E-state index contributed by atoms with van der Waals surface area (Å²) in [6, 6.07) is 11.2. The highest BCUT2D eigenvalue weighted by molar-refractivity contribution is 6.02. The van der Waals surface area contributed by atoms with Crippen LogP contribution in [0, 0.1) is 23.8 Å². The van der Waals surface area contributed by atoms with Crippen LogP contribution >= 0.6 is 0 Å². The zero-order valence-corrected chi connectivity index (χ0v) is 7.07. The monoisotopic (exact) mass is 186 g/mol. The van der Waals surface area contributed by atoms with Gasteiger partial charge in [-0.15, -0.1) is 0 Å². The smallest absolute Gasteiger partial charge is 0.139 e. The minimum Gasteiger partial charge on any atom is -0.206 e. The minimum atomic E-state index is -0.486. The Labute approximate surface area is 79.8 Å². The second kappa shape index (κ2) is 2.41. The Hall–Kier alpha value is -1.70. The van der Waals surface area contributed by atoms with Crippen molar-refractivity contribution in [3.05, 3.63) is 48.0 Å². The van der Waals surface area contributed by atoms with Crippen molar-refractivity contribution in [2.75, 3.05) is 0 Å². The second-order valence-corrected chi connectivity index (χ2v) is 3.17. The summed E-state index contributed by atoms with van der Waals surface area (Å²) in [5.74, 6) is -0.909. The van der Waals surface area contributed by atoms with Crippen molar-refractivity contribution in [2.24, 2.45) is 0 Å². The molecule has 3 rings (SSSR count). The van der Waals surface area contributed by atoms with Gasteiger partial charge in [-0.25, -0.2) is 8.78 Å². The standard InChI is InChI=1S/C12H4F2/c13-9-5-1-3-7-8-4-2-6-10(14)12(8)11(7)9/h1,3-4,6H. The molecular formula is C12H4F2. The van der Waals surface area contributed by atoms with Gasteiger partial charge in [0.15, 0.2) is 0 Å². The van der Waals surface area contributed by atoms with Crippen LogP contribution in [0.5, 0.6) is 0 Å². The molecule has 1 aliphatic rings. The molecule has 0 N–H and O–H groups in total. The van der Waals surface area contributed by atoms with Crippen LogP contribution in [0.2, 0.25) is 0 Å². The Morgan fingerprint density at radius 2 is 1.86 bits per heavy atom. The van der Waals surface area contributed by atoms with Crippen LogP contribution in [-0.2, 0) is 0 Å². The topological polar surface area (TPSA) is 0 Å². The Morgan fingerprint density at radius 3 is 2.71 bits per heavy atom. The molecule has 66 valence electrons. The Balaban J connectivity index is 2.37. The first-order valence-corrected chi connectivity index (χ1v) is 4.19. The number of halogens is 2. The average molecular weight is 186 g/mol. The average Bonchev–Trinajstić information content (AvgIpc) is 2.14. The van der Waals surface area contributed by atoms with E-state index in [-0.39, 0.29) is 0 Å². The minimum absolute atomic E-state index is 0.342. The van der Waals surface area contributed by atoms with Crippen molar-refractivity contribution in [3.63, 3.8) is 0 Å². The summed E-state index contributed by atoms with van der Waals surface area (Å²) in [5, 5.41) is 0. The molecular weight excluding hydrogens is 182 g/mol. The maximum absolute atomic E-state index is 13.3. The third-order valence-electron chi connectivity index (χ3n) is 2.43. The van der Waals surface area contributed by atoms with Gasteiger partial charge in [0, 0.05) is 17.2 Å². The Kier molecular flexibility index (Phi) is 1.32. The molecule has 0 nitrogen and oxygen atoms in total. The van der Waals surface area contributed by atoms with Crippen LogP contribution in [-0.4, -0.2) is 0 Å². The zero-order valence-electron chi connectivity index (χ0n) is 7.07. The highest BCUT2D eigenvalue weighted by Gasteiger charge is 2.28.